The summed E-state index contributed by atoms with van der Waals surface area (Å²) in [5.41, 5.74) is -2.98. The van der Waals surface area contributed by atoms with Crippen LogP contribution >= 0.6 is 11.6 Å². The minimum atomic E-state index is -5.07. The molecule has 1 aromatic heterocycles. The van der Waals surface area contributed by atoms with Crippen molar-refractivity contribution in [3.63, 3.8) is 0 Å². The fourth-order valence-corrected chi connectivity index (χ4v) is 4.05. The Morgan fingerprint density at radius 2 is 1.68 bits per heavy atom. The number of pyridine rings is 1. The van der Waals surface area contributed by atoms with Crippen LogP contribution in [0.15, 0.2) is 54.9 Å². The molecule has 0 N–H and O–H groups in total. The zero-order valence-corrected chi connectivity index (χ0v) is 18.4. The molecule has 1 amide bonds. The summed E-state index contributed by atoms with van der Waals surface area (Å²) in [5, 5.41) is 0.368. The molecular weight excluding hydrogens is 482 g/mol. The molecule has 1 fully saturated rings. The third-order valence-corrected chi connectivity index (χ3v) is 5.95. The van der Waals surface area contributed by atoms with Crippen LogP contribution in [-0.2, 0) is 12.4 Å². The van der Waals surface area contributed by atoms with Crippen molar-refractivity contribution in [1.29, 1.82) is 0 Å². The molecule has 10 heteroatoms. The van der Waals surface area contributed by atoms with E-state index in [9.17, 15) is 31.1 Å². The largest absolute Gasteiger partial charge is 0.416 e. The number of aromatic nitrogens is 1. The molecule has 1 aliphatic rings. The number of anilines is 1. The Hall–Kier alpha value is -3.07. The van der Waals surface area contributed by atoms with Crippen LogP contribution in [0.4, 0.5) is 32.0 Å². The maximum Gasteiger partial charge on any atom is 0.416 e. The summed E-state index contributed by atoms with van der Waals surface area (Å²) in [6.07, 6.45) is -6.21. The molecule has 0 unspecified atom stereocenters. The first-order valence-electron chi connectivity index (χ1n) is 10.2. The normalized spacial score (nSPS) is 14.2. The van der Waals surface area contributed by atoms with Crippen LogP contribution in [0.2, 0.25) is 5.02 Å². The lowest BCUT2D eigenvalue weighted by atomic mass is 9.96. The summed E-state index contributed by atoms with van der Waals surface area (Å²) in [6, 6.07) is 8.49. The number of amides is 1. The standard InChI is InChI=1S/C24H17ClF6N2O/c1-13-18(10-14(23(26,27)28)11-19(13)24(29,30)31)22(34)33(15-6-7-15)21-12-32-9-8-17(21)16-4-2-3-5-20(16)25/h2-5,8-12,15H,6-7H2,1H3. The van der Waals surface area contributed by atoms with Crippen LogP contribution in [0.25, 0.3) is 11.1 Å². The van der Waals surface area contributed by atoms with Gasteiger partial charge in [0.1, 0.15) is 0 Å². The van der Waals surface area contributed by atoms with Crippen LogP contribution in [0.3, 0.4) is 0 Å². The monoisotopic (exact) mass is 498 g/mol. The van der Waals surface area contributed by atoms with Gasteiger partial charge in [-0.1, -0.05) is 29.8 Å². The summed E-state index contributed by atoms with van der Waals surface area (Å²) in [4.78, 5) is 18.9. The smallest absolute Gasteiger partial charge is 0.303 e. The summed E-state index contributed by atoms with van der Waals surface area (Å²) in [6.45, 7) is 1.000. The second-order valence-corrected chi connectivity index (χ2v) is 8.38. The lowest BCUT2D eigenvalue weighted by molar-refractivity contribution is -0.143. The van der Waals surface area contributed by atoms with Gasteiger partial charge in [-0.2, -0.15) is 26.3 Å². The van der Waals surface area contributed by atoms with Gasteiger partial charge in [0.15, 0.2) is 0 Å². The summed E-state index contributed by atoms with van der Waals surface area (Å²) in [7, 11) is 0. The number of hydrogen-bond acceptors (Lipinski definition) is 2. The second kappa shape index (κ2) is 8.61. The van der Waals surface area contributed by atoms with Crippen molar-refractivity contribution < 1.29 is 31.1 Å². The Kier molecular flexibility index (Phi) is 6.10. The van der Waals surface area contributed by atoms with Gasteiger partial charge >= 0.3 is 12.4 Å². The van der Waals surface area contributed by atoms with E-state index in [1.807, 2.05) is 0 Å². The van der Waals surface area contributed by atoms with Gasteiger partial charge in [0.2, 0.25) is 0 Å². The van der Waals surface area contributed by atoms with Crippen molar-refractivity contribution in [2.45, 2.75) is 38.2 Å². The van der Waals surface area contributed by atoms with Gasteiger partial charge in [-0.25, -0.2) is 0 Å². The SMILES string of the molecule is Cc1c(C(=O)N(c2cnccc2-c2ccccc2Cl)C2CC2)cc(C(F)(F)F)cc1C(F)(F)F. The van der Waals surface area contributed by atoms with E-state index >= 15 is 0 Å². The van der Waals surface area contributed by atoms with Crippen molar-refractivity contribution >= 4 is 23.2 Å². The van der Waals surface area contributed by atoms with Gasteiger partial charge < -0.3 is 4.90 Å². The lowest BCUT2D eigenvalue weighted by Gasteiger charge is -2.27. The Morgan fingerprint density at radius 1 is 1.00 bits per heavy atom. The Labute approximate surface area is 196 Å². The molecule has 0 bridgehead atoms. The quantitative estimate of drug-likeness (QED) is 0.348. The van der Waals surface area contributed by atoms with Gasteiger partial charge in [-0.15, -0.1) is 0 Å². The first-order chi connectivity index (χ1) is 15.9. The Bertz CT molecular complexity index is 1250. The third kappa shape index (κ3) is 4.61. The van der Waals surface area contributed by atoms with E-state index in [2.05, 4.69) is 4.98 Å². The minimum Gasteiger partial charge on any atom is -0.303 e. The number of nitrogens with zero attached hydrogens (tertiary/aromatic N) is 2. The van der Waals surface area contributed by atoms with Crippen molar-refractivity contribution in [1.82, 2.24) is 4.98 Å². The van der Waals surface area contributed by atoms with Crippen molar-refractivity contribution in [2.75, 3.05) is 4.90 Å². The molecule has 1 saturated carbocycles. The first kappa shape index (κ1) is 24.1. The lowest BCUT2D eigenvalue weighted by Crippen LogP contribution is -2.35. The molecular formula is C24H17ClF6N2O. The summed E-state index contributed by atoms with van der Waals surface area (Å²) >= 11 is 6.32. The van der Waals surface area contributed by atoms with Crippen molar-refractivity contribution in [2.24, 2.45) is 0 Å². The molecule has 3 nitrogen and oxygen atoms in total. The van der Waals surface area contributed by atoms with E-state index in [0.29, 0.717) is 35.1 Å². The van der Waals surface area contributed by atoms with Crippen molar-refractivity contribution in [3.8, 4) is 11.1 Å². The fourth-order valence-electron chi connectivity index (χ4n) is 3.81. The number of carbonyl (C=O) groups is 1. The highest BCUT2D eigenvalue weighted by Crippen LogP contribution is 2.43. The topological polar surface area (TPSA) is 33.2 Å². The van der Waals surface area contributed by atoms with E-state index < -0.39 is 40.5 Å². The molecule has 0 spiro atoms. The average Bonchev–Trinajstić information content (AvgIpc) is 3.58. The van der Waals surface area contributed by atoms with Gasteiger partial charge in [0.25, 0.3) is 5.91 Å². The molecule has 1 aliphatic carbocycles. The second-order valence-electron chi connectivity index (χ2n) is 7.97. The van der Waals surface area contributed by atoms with Crippen LogP contribution in [-0.4, -0.2) is 16.9 Å². The number of alkyl halides is 6. The van der Waals surface area contributed by atoms with E-state index in [4.69, 9.17) is 11.6 Å². The number of hydrogen-bond donors (Lipinski definition) is 0. The first-order valence-corrected chi connectivity index (χ1v) is 10.6. The molecule has 178 valence electrons. The van der Waals surface area contributed by atoms with E-state index in [1.165, 1.54) is 17.3 Å². The van der Waals surface area contributed by atoms with E-state index in [1.54, 1.807) is 30.3 Å². The fraction of sp³-hybridized carbons (Fsp3) is 0.250. The van der Waals surface area contributed by atoms with Gasteiger partial charge in [0.05, 0.1) is 23.0 Å². The predicted octanol–water partition coefficient (Wildman–Crippen LogP) is 7.56. The zero-order chi connectivity index (χ0) is 24.8. The molecule has 0 atom stereocenters. The highest BCUT2D eigenvalue weighted by molar-refractivity contribution is 6.33. The molecule has 1 heterocycles. The van der Waals surface area contributed by atoms with Crippen LogP contribution in [0.5, 0.6) is 0 Å². The molecule has 0 aliphatic heterocycles. The highest BCUT2D eigenvalue weighted by Gasteiger charge is 2.42. The number of halogens is 7. The van der Waals surface area contributed by atoms with Crippen molar-refractivity contribution in [3.05, 3.63) is 82.1 Å². The average molecular weight is 499 g/mol. The Balaban J connectivity index is 1.90. The number of carbonyl (C=O) groups excluding carboxylic acids is 1. The molecule has 3 aromatic rings. The molecule has 0 saturated heterocycles. The highest BCUT2D eigenvalue weighted by atomic mass is 35.5. The van der Waals surface area contributed by atoms with Gasteiger partial charge in [-0.3, -0.25) is 9.78 Å². The molecule has 34 heavy (non-hydrogen) atoms. The maximum absolute atomic E-state index is 13.6. The predicted molar refractivity (Wildman–Crippen MR) is 116 cm³/mol. The maximum atomic E-state index is 13.6. The number of benzene rings is 2. The summed E-state index contributed by atoms with van der Waals surface area (Å²) in [5.74, 6) is -0.960. The Morgan fingerprint density at radius 3 is 2.26 bits per heavy atom. The minimum absolute atomic E-state index is 0.0345. The van der Waals surface area contributed by atoms with Crippen LogP contribution in [0, 0.1) is 6.92 Å². The summed E-state index contributed by atoms with van der Waals surface area (Å²) < 4.78 is 81.0. The number of rotatable bonds is 4. The third-order valence-electron chi connectivity index (χ3n) is 5.63. The van der Waals surface area contributed by atoms with Crippen LogP contribution in [0.1, 0.15) is 39.9 Å². The zero-order valence-electron chi connectivity index (χ0n) is 17.6. The molecule has 4 rings (SSSR count). The van der Waals surface area contributed by atoms with Gasteiger partial charge in [0, 0.05) is 34.0 Å². The van der Waals surface area contributed by atoms with E-state index in [-0.39, 0.29) is 17.8 Å². The molecule has 0 radical (unpaired) electrons. The van der Waals surface area contributed by atoms with Crippen LogP contribution < -0.4 is 4.90 Å². The van der Waals surface area contributed by atoms with Gasteiger partial charge in [-0.05, 0) is 49.6 Å². The molecule has 2 aromatic carbocycles. The van der Waals surface area contributed by atoms with E-state index in [0.717, 1.165) is 6.92 Å².